The number of hydrogen-bond acceptors (Lipinski definition) is 19. The number of carbonyl (C=O) groups excluding carboxylic acids is 11. The molecule has 0 bridgehead atoms. The molecule has 1 aliphatic heterocycles. The summed E-state index contributed by atoms with van der Waals surface area (Å²) in [5.41, 5.74) is 30.1. The van der Waals surface area contributed by atoms with Gasteiger partial charge in [-0.25, -0.2) is 0 Å². The Hall–Kier alpha value is -6.93. The summed E-state index contributed by atoms with van der Waals surface area (Å²) in [6, 6.07) is -6.15. The van der Waals surface area contributed by atoms with Gasteiger partial charge in [0.05, 0.1) is 18.3 Å². The molecule has 11 amide bonds. The fraction of sp³-hybridized carbons (Fsp3) is 0.673. The second kappa shape index (κ2) is 34.5. The lowest BCUT2D eigenvalue weighted by Crippen LogP contribution is -2.62. The van der Waals surface area contributed by atoms with E-state index in [2.05, 4.69) is 58.5 Å². The van der Waals surface area contributed by atoms with E-state index < -0.39 is 163 Å². The van der Waals surface area contributed by atoms with Crippen LogP contribution in [0.4, 0.5) is 0 Å². The summed E-state index contributed by atoms with van der Waals surface area (Å²) in [6.07, 6.45) is -5.73. The van der Waals surface area contributed by atoms with Gasteiger partial charge >= 0.3 is 0 Å². The Labute approximate surface area is 476 Å². The van der Waals surface area contributed by atoms with Crippen molar-refractivity contribution in [2.75, 3.05) is 39.3 Å². The Morgan fingerprint density at radius 3 is 1.50 bits per heavy atom. The third kappa shape index (κ3) is 21.8. The van der Waals surface area contributed by atoms with Gasteiger partial charge in [0.2, 0.25) is 65.0 Å². The van der Waals surface area contributed by atoms with Crippen molar-refractivity contribution in [3.63, 3.8) is 0 Å². The quantitative estimate of drug-likeness (QED) is 0.0457. The van der Waals surface area contributed by atoms with E-state index in [1.165, 1.54) is 20.8 Å². The van der Waals surface area contributed by atoms with Crippen molar-refractivity contribution in [3.05, 3.63) is 35.9 Å². The van der Waals surface area contributed by atoms with E-state index >= 15 is 0 Å². The molecule has 82 heavy (non-hydrogen) atoms. The van der Waals surface area contributed by atoms with Crippen LogP contribution in [0, 0.1) is 11.8 Å². The van der Waals surface area contributed by atoms with Crippen molar-refractivity contribution in [1.29, 1.82) is 0 Å². The SMILES string of the molecule is CC(C)C[C@H]1NC(=O)[C@H](CCN)NC(=O)[C@@H](NC(=O)C(CCN)NC(=O)[C@@H](NC(=O)C(CCN)NC(=O)C2CC2c2ccccc2)[C@H](C)O)CCNC(=O)[C@H]([C@H](C)O)NC(=O)[C@H](CCN)NC(=O)[C@H](CCN)NC(=O)[C@H]([C@H](C)O)NC1=O. The molecule has 460 valence electrons. The summed E-state index contributed by atoms with van der Waals surface area (Å²) in [6.45, 7) is 5.69. The van der Waals surface area contributed by atoms with Gasteiger partial charge in [-0.1, -0.05) is 44.2 Å². The Morgan fingerprint density at radius 2 is 1.01 bits per heavy atom. The van der Waals surface area contributed by atoms with Gasteiger partial charge in [-0.05, 0) is 122 Å². The van der Waals surface area contributed by atoms with Crippen molar-refractivity contribution < 1.29 is 68.1 Å². The van der Waals surface area contributed by atoms with Crippen LogP contribution < -0.4 is 87.2 Å². The molecular weight excluding hydrogens is 1070 g/mol. The van der Waals surface area contributed by atoms with Crippen molar-refractivity contribution in [3.8, 4) is 0 Å². The maximum Gasteiger partial charge on any atom is 0.245 e. The number of benzene rings is 1. The van der Waals surface area contributed by atoms with Gasteiger partial charge in [0.1, 0.15) is 60.4 Å². The number of aliphatic hydroxyl groups is 3. The molecule has 1 aromatic carbocycles. The van der Waals surface area contributed by atoms with E-state index in [1.807, 2.05) is 30.3 Å². The molecular formula is C52H88N16O14. The number of nitrogens with one attached hydrogen (secondary N) is 11. The molecule has 1 heterocycles. The molecule has 24 N–H and O–H groups in total. The van der Waals surface area contributed by atoms with Crippen LogP contribution in [0.1, 0.15) is 97.5 Å². The summed E-state index contributed by atoms with van der Waals surface area (Å²) in [5, 5.41) is 59.5. The highest BCUT2D eigenvalue weighted by atomic mass is 16.3. The average molecular weight is 1160 g/mol. The number of hydrogen-bond donors (Lipinski definition) is 19. The second-order valence-corrected chi connectivity index (χ2v) is 21.1. The lowest BCUT2D eigenvalue weighted by atomic mass is 10.0. The van der Waals surface area contributed by atoms with Crippen molar-refractivity contribution in [1.82, 2.24) is 58.5 Å². The van der Waals surface area contributed by atoms with Gasteiger partial charge in [0.25, 0.3) is 0 Å². The zero-order valence-electron chi connectivity index (χ0n) is 47.2. The maximum atomic E-state index is 14.4. The Kier molecular flexibility index (Phi) is 29.2. The van der Waals surface area contributed by atoms with Crippen molar-refractivity contribution in [2.45, 2.75) is 171 Å². The van der Waals surface area contributed by atoms with Gasteiger partial charge in [-0.3, -0.25) is 52.7 Å². The minimum Gasteiger partial charge on any atom is -0.391 e. The highest BCUT2D eigenvalue weighted by molar-refractivity contribution is 5.99. The largest absolute Gasteiger partial charge is 0.391 e. The molecule has 3 rings (SSSR count). The summed E-state index contributed by atoms with van der Waals surface area (Å²) in [5.74, 6) is -11.1. The molecule has 1 saturated heterocycles. The molecule has 30 heteroatoms. The average Bonchev–Trinajstić information content (AvgIpc) is 4.40. The molecule has 2 aliphatic rings. The summed E-state index contributed by atoms with van der Waals surface area (Å²) in [7, 11) is 0. The van der Waals surface area contributed by atoms with E-state index in [4.69, 9.17) is 28.7 Å². The summed E-state index contributed by atoms with van der Waals surface area (Å²) < 4.78 is 0. The molecule has 1 saturated carbocycles. The van der Waals surface area contributed by atoms with Gasteiger partial charge in [0.15, 0.2) is 0 Å². The molecule has 0 aromatic heterocycles. The van der Waals surface area contributed by atoms with Crippen LogP contribution in [0.25, 0.3) is 0 Å². The number of aliphatic hydroxyl groups excluding tert-OH is 3. The molecule has 30 nitrogen and oxygen atoms in total. The fourth-order valence-electron chi connectivity index (χ4n) is 9.02. The van der Waals surface area contributed by atoms with E-state index in [-0.39, 0.29) is 83.1 Å². The normalized spacial score (nSPS) is 25.8. The first-order chi connectivity index (χ1) is 38.8. The predicted octanol–water partition coefficient (Wildman–Crippen LogP) is -7.91. The number of rotatable bonds is 24. The highest BCUT2D eigenvalue weighted by Crippen LogP contribution is 2.47. The summed E-state index contributed by atoms with van der Waals surface area (Å²) >= 11 is 0. The minimum absolute atomic E-state index is 0.0395. The molecule has 2 fully saturated rings. The first kappa shape index (κ1) is 69.3. The summed E-state index contributed by atoms with van der Waals surface area (Å²) in [4.78, 5) is 153. The monoisotopic (exact) mass is 1160 g/mol. The molecule has 0 radical (unpaired) electrons. The van der Waals surface area contributed by atoms with Crippen LogP contribution in [-0.2, 0) is 52.7 Å². The van der Waals surface area contributed by atoms with Crippen LogP contribution in [0.3, 0.4) is 0 Å². The van der Waals surface area contributed by atoms with E-state index in [0.29, 0.717) is 6.42 Å². The molecule has 4 unspecified atom stereocenters. The predicted molar refractivity (Wildman–Crippen MR) is 297 cm³/mol. The van der Waals surface area contributed by atoms with E-state index in [0.717, 1.165) is 5.56 Å². The van der Waals surface area contributed by atoms with Crippen LogP contribution in [-0.4, -0.2) is 198 Å². The van der Waals surface area contributed by atoms with E-state index in [1.54, 1.807) is 13.8 Å². The zero-order valence-corrected chi connectivity index (χ0v) is 47.2. The fourth-order valence-corrected chi connectivity index (χ4v) is 9.02. The van der Waals surface area contributed by atoms with Crippen LogP contribution in [0.15, 0.2) is 30.3 Å². The number of carbonyl (C=O) groups is 11. The Balaban J connectivity index is 2.00. The molecule has 15 atom stereocenters. The van der Waals surface area contributed by atoms with Crippen molar-refractivity contribution >= 4 is 65.0 Å². The topological polar surface area (TPSA) is 511 Å². The first-order valence-electron chi connectivity index (χ1n) is 27.7. The van der Waals surface area contributed by atoms with Gasteiger partial charge in [-0.15, -0.1) is 0 Å². The Morgan fingerprint density at radius 1 is 0.549 bits per heavy atom. The zero-order chi connectivity index (χ0) is 61.4. The molecule has 1 aliphatic carbocycles. The van der Waals surface area contributed by atoms with E-state index in [9.17, 15) is 68.1 Å². The third-order valence-corrected chi connectivity index (χ3v) is 13.7. The van der Waals surface area contributed by atoms with Gasteiger partial charge < -0.3 is 102 Å². The van der Waals surface area contributed by atoms with Crippen LogP contribution in [0.5, 0.6) is 0 Å². The smallest absolute Gasteiger partial charge is 0.245 e. The third-order valence-electron chi connectivity index (χ3n) is 13.7. The lowest BCUT2D eigenvalue weighted by molar-refractivity contribution is -0.137. The highest BCUT2D eigenvalue weighted by Gasteiger charge is 2.45. The number of amides is 11. The Bertz CT molecular complexity index is 2330. The van der Waals surface area contributed by atoms with Crippen LogP contribution >= 0.6 is 0 Å². The van der Waals surface area contributed by atoms with Gasteiger partial charge in [0, 0.05) is 12.5 Å². The number of nitrogens with two attached hydrogens (primary N) is 5. The van der Waals surface area contributed by atoms with Crippen LogP contribution in [0.2, 0.25) is 0 Å². The lowest BCUT2D eigenvalue weighted by Gasteiger charge is -2.29. The van der Waals surface area contributed by atoms with Crippen molar-refractivity contribution in [2.24, 2.45) is 40.5 Å². The second-order valence-electron chi connectivity index (χ2n) is 21.1. The standard InChI is InChI=1S/C52H88N16O14/c1-25(2)23-38-49(79)68-41(28(5)71)52(82)63-33(12-18-54)43(73)61-36(15-21-57)48(78)66-39(26(3)69)50(80)58-22-16-37(46(76)60-32(11-17-53)45(75)65-38)62-44(74)34(13-19-55)64-51(81)40(27(4)70)67-47(77)35(14-20-56)59-42(72)31-24-30(31)29-9-7-6-8-10-29/h6-10,25-28,30-41,69-71H,11-24,53-57H2,1-5H3,(H,58,80)(H,59,72)(H,60,76)(H,61,73)(H,62,74)(H,63,82)(H,64,81)(H,65,75)(H,66,78)(H,67,77)(H,68,79)/t26-,27-,28-,30?,31?,32-,33-,34?,35?,36-,37-,38+,39-,40-,41-/m0/s1. The van der Waals surface area contributed by atoms with Gasteiger partial charge in [-0.2, -0.15) is 0 Å². The maximum absolute atomic E-state index is 14.4. The molecule has 1 aromatic rings. The molecule has 0 spiro atoms. The minimum atomic E-state index is -1.73. The first-order valence-corrected chi connectivity index (χ1v) is 27.7.